The largest absolute Gasteiger partial charge is 0.339 e. The molecule has 1 N–H and O–H groups in total. The highest BCUT2D eigenvalue weighted by Gasteiger charge is 2.34. The lowest BCUT2D eigenvalue weighted by Crippen LogP contribution is -2.48. The quantitative estimate of drug-likeness (QED) is 0.818. The smallest absolute Gasteiger partial charge is 0.272 e. The number of likely N-dealkylation sites (N-methyl/N-ethyl adjacent to an activating group) is 1. The minimum Gasteiger partial charge on any atom is -0.339 e. The number of amides is 1. The Labute approximate surface area is 164 Å². The number of nitrogens with one attached hydrogen (secondary N) is 1. The van der Waals surface area contributed by atoms with Gasteiger partial charge in [0.15, 0.2) is 5.69 Å². The van der Waals surface area contributed by atoms with Crippen molar-refractivity contribution in [3.63, 3.8) is 0 Å². The Morgan fingerprint density at radius 2 is 1.85 bits per heavy atom. The van der Waals surface area contributed by atoms with Gasteiger partial charge in [-0.15, -0.1) is 0 Å². The van der Waals surface area contributed by atoms with Crippen LogP contribution in [0.4, 0.5) is 0 Å². The van der Waals surface area contributed by atoms with Crippen molar-refractivity contribution in [3.8, 4) is 11.4 Å². The van der Waals surface area contributed by atoms with Crippen molar-refractivity contribution in [3.05, 3.63) is 41.7 Å². The highest BCUT2D eigenvalue weighted by Crippen LogP contribution is 2.27. The van der Waals surface area contributed by atoms with Crippen molar-refractivity contribution in [2.45, 2.75) is 39.9 Å². The van der Waals surface area contributed by atoms with Crippen molar-refractivity contribution < 1.29 is 9.59 Å². The van der Waals surface area contributed by atoms with Crippen LogP contribution in [0, 0.1) is 5.41 Å². The summed E-state index contributed by atoms with van der Waals surface area (Å²) in [5.74, 6) is 0.401. The van der Waals surface area contributed by atoms with E-state index in [-0.39, 0.29) is 5.91 Å². The Morgan fingerprint density at radius 3 is 2.44 bits per heavy atom. The summed E-state index contributed by atoms with van der Waals surface area (Å²) in [4.78, 5) is 31.7. The Bertz CT molecular complexity index is 855. The van der Waals surface area contributed by atoms with E-state index in [9.17, 15) is 9.59 Å². The van der Waals surface area contributed by atoms with Gasteiger partial charge in [0, 0.05) is 25.2 Å². The van der Waals surface area contributed by atoms with Gasteiger partial charge in [0.05, 0.1) is 5.69 Å². The molecule has 2 heterocycles. The van der Waals surface area contributed by atoms with Gasteiger partial charge in [0.2, 0.25) is 5.24 Å². The molecule has 27 heavy (non-hydrogen) atoms. The van der Waals surface area contributed by atoms with Crippen molar-refractivity contribution >= 4 is 22.8 Å². The normalized spacial score (nSPS) is 15.9. The molecule has 0 radical (unpaired) electrons. The lowest BCUT2D eigenvalue weighted by molar-refractivity contribution is -0.115. The number of aromatic nitrogens is 2. The third-order valence-corrected chi connectivity index (χ3v) is 5.03. The Balaban J connectivity index is 2.01. The van der Waals surface area contributed by atoms with Crippen LogP contribution in [0.5, 0.6) is 0 Å². The van der Waals surface area contributed by atoms with Crippen molar-refractivity contribution in [1.82, 2.24) is 19.8 Å². The van der Waals surface area contributed by atoms with Crippen LogP contribution in [-0.4, -0.2) is 45.2 Å². The van der Waals surface area contributed by atoms with Gasteiger partial charge in [-0.05, 0) is 24.1 Å². The lowest BCUT2D eigenvalue weighted by Gasteiger charge is -2.29. The first-order valence-corrected chi connectivity index (χ1v) is 9.40. The van der Waals surface area contributed by atoms with Crippen molar-refractivity contribution in [2.24, 2.45) is 5.41 Å². The minimum atomic E-state index is -0.787. The maximum absolute atomic E-state index is 13.0. The van der Waals surface area contributed by atoms with Crippen LogP contribution in [-0.2, 0) is 17.9 Å². The standard InChI is InChI=1S/C20H25ClN4O2/c1-20(2,3)16(17(21)26)23-19(27)15-14-12-24(4)10-11-25(14)18(22-15)13-8-6-5-7-9-13/h5-9,16H,10-12H2,1-4H3,(H,23,27). The van der Waals surface area contributed by atoms with Gasteiger partial charge in [0.25, 0.3) is 5.91 Å². The molecule has 0 aliphatic carbocycles. The summed E-state index contributed by atoms with van der Waals surface area (Å²) in [5, 5.41) is 2.21. The molecular weight excluding hydrogens is 364 g/mol. The number of benzene rings is 1. The summed E-state index contributed by atoms with van der Waals surface area (Å²) in [7, 11) is 2.01. The van der Waals surface area contributed by atoms with Crippen LogP contribution >= 0.6 is 11.6 Å². The van der Waals surface area contributed by atoms with E-state index in [0.717, 1.165) is 30.2 Å². The topological polar surface area (TPSA) is 67.2 Å². The zero-order valence-corrected chi connectivity index (χ0v) is 16.9. The molecule has 2 aromatic rings. The van der Waals surface area contributed by atoms with Crippen LogP contribution < -0.4 is 5.32 Å². The molecule has 1 amide bonds. The SMILES string of the molecule is CN1CCn2c(-c3ccccc3)nc(C(=O)NC(C(=O)Cl)C(C)(C)C)c2C1. The number of carbonyl (C=O) groups excluding carboxylic acids is 2. The minimum absolute atomic E-state index is 0.354. The maximum atomic E-state index is 13.0. The molecular formula is C20H25ClN4O2. The van der Waals surface area contributed by atoms with Gasteiger partial charge < -0.3 is 9.88 Å². The van der Waals surface area contributed by atoms with E-state index in [2.05, 4.69) is 19.8 Å². The third-order valence-electron chi connectivity index (χ3n) is 4.81. The molecule has 0 saturated carbocycles. The fourth-order valence-corrected chi connectivity index (χ4v) is 3.68. The summed E-state index contributed by atoms with van der Waals surface area (Å²) in [5.41, 5.74) is 1.68. The van der Waals surface area contributed by atoms with Gasteiger partial charge in [-0.1, -0.05) is 51.1 Å². The number of carbonyl (C=O) groups is 2. The van der Waals surface area contributed by atoms with E-state index >= 15 is 0 Å². The van der Waals surface area contributed by atoms with E-state index in [1.54, 1.807) is 0 Å². The number of imidazole rings is 1. The van der Waals surface area contributed by atoms with Gasteiger partial charge in [-0.3, -0.25) is 14.5 Å². The zero-order valence-electron chi connectivity index (χ0n) is 16.1. The summed E-state index contributed by atoms with van der Waals surface area (Å²) >= 11 is 5.74. The molecule has 0 fully saturated rings. The van der Waals surface area contributed by atoms with Crippen LogP contribution in [0.15, 0.2) is 30.3 Å². The second kappa shape index (κ2) is 7.44. The molecule has 0 spiro atoms. The van der Waals surface area contributed by atoms with Gasteiger partial charge in [-0.2, -0.15) is 0 Å². The predicted octanol–water partition coefficient (Wildman–Crippen LogP) is 2.91. The molecule has 1 aromatic carbocycles. The van der Waals surface area contributed by atoms with Crippen molar-refractivity contribution in [1.29, 1.82) is 0 Å². The number of rotatable bonds is 4. The zero-order chi connectivity index (χ0) is 19.8. The van der Waals surface area contributed by atoms with Crippen molar-refractivity contribution in [2.75, 3.05) is 13.6 Å². The summed E-state index contributed by atoms with van der Waals surface area (Å²) < 4.78 is 2.10. The molecule has 1 aliphatic rings. The Hall–Kier alpha value is -2.18. The highest BCUT2D eigenvalue weighted by molar-refractivity contribution is 6.65. The lowest BCUT2D eigenvalue weighted by atomic mass is 9.87. The van der Waals surface area contributed by atoms with E-state index in [0.29, 0.717) is 12.2 Å². The molecule has 1 atom stereocenters. The number of fused-ring (bicyclic) bond motifs is 1. The molecule has 7 heteroatoms. The summed E-state index contributed by atoms with van der Waals surface area (Å²) in [6, 6.07) is 9.03. The molecule has 1 aromatic heterocycles. The average Bonchev–Trinajstić information content (AvgIpc) is 2.97. The van der Waals surface area contributed by atoms with Crippen LogP contribution in [0.2, 0.25) is 0 Å². The Kier molecular flexibility index (Phi) is 5.40. The van der Waals surface area contributed by atoms with Crippen LogP contribution in [0.1, 0.15) is 37.0 Å². The van der Waals surface area contributed by atoms with E-state index in [1.165, 1.54) is 0 Å². The summed E-state index contributed by atoms with van der Waals surface area (Å²) in [6.07, 6.45) is 0. The predicted molar refractivity (Wildman–Crippen MR) is 106 cm³/mol. The Morgan fingerprint density at radius 1 is 1.19 bits per heavy atom. The fourth-order valence-electron chi connectivity index (χ4n) is 3.30. The van der Waals surface area contributed by atoms with E-state index in [1.807, 2.05) is 58.2 Å². The first-order chi connectivity index (χ1) is 12.7. The number of hydrogen-bond donors (Lipinski definition) is 1. The number of halogens is 1. The first kappa shape index (κ1) is 19.6. The average molecular weight is 389 g/mol. The van der Waals surface area contributed by atoms with Crippen LogP contribution in [0.25, 0.3) is 11.4 Å². The van der Waals surface area contributed by atoms with Gasteiger partial charge in [0.1, 0.15) is 11.9 Å². The molecule has 6 nitrogen and oxygen atoms in total. The number of hydrogen-bond acceptors (Lipinski definition) is 4. The fraction of sp³-hybridized carbons (Fsp3) is 0.450. The summed E-state index contributed by atoms with van der Waals surface area (Å²) in [6.45, 7) is 7.86. The maximum Gasteiger partial charge on any atom is 0.272 e. The third kappa shape index (κ3) is 4.06. The van der Waals surface area contributed by atoms with E-state index in [4.69, 9.17) is 11.6 Å². The molecule has 144 valence electrons. The molecule has 0 bridgehead atoms. The van der Waals surface area contributed by atoms with Gasteiger partial charge in [-0.25, -0.2) is 4.98 Å². The molecule has 1 aliphatic heterocycles. The monoisotopic (exact) mass is 388 g/mol. The van der Waals surface area contributed by atoms with Gasteiger partial charge >= 0.3 is 0 Å². The molecule has 3 rings (SSSR count). The number of nitrogens with zero attached hydrogens (tertiary/aromatic N) is 3. The molecule has 0 saturated heterocycles. The second-order valence-electron chi connectivity index (χ2n) is 8.06. The second-order valence-corrected chi connectivity index (χ2v) is 8.44. The first-order valence-electron chi connectivity index (χ1n) is 9.02. The molecule has 1 unspecified atom stereocenters. The van der Waals surface area contributed by atoms with E-state index < -0.39 is 16.7 Å². The van der Waals surface area contributed by atoms with Crippen LogP contribution in [0.3, 0.4) is 0 Å². The highest BCUT2D eigenvalue weighted by atomic mass is 35.5.